The molecule has 0 radical (unpaired) electrons. The van der Waals surface area contributed by atoms with Crippen molar-refractivity contribution < 1.29 is 8.78 Å². The van der Waals surface area contributed by atoms with Gasteiger partial charge in [-0.05, 0) is 42.2 Å². The van der Waals surface area contributed by atoms with E-state index in [0.29, 0.717) is 16.7 Å². The fraction of sp³-hybridized carbons (Fsp3) is 0.500. The van der Waals surface area contributed by atoms with Gasteiger partial charge in [0.1, 0.15) is 0 Å². The Morgan fingerprint density at radius 1 is 1.24 bits per heavy atom. The maximum absolute atomic E-state index is 12.1. The Bertz CT molecular complexity index is 304. The summed E-state index contributed by atoms with van der Waals surface area (Å²) < 4.78 is 24.2. The molecule has 0 fully saturated rings. The maximum Gasteiger partial charge on any atom is 0.288 e. The molecule has 1 nitrogen and oxygen atoms in total. The van der Waals surface area contributed by atoms with Crippen molar-refractivity contribution >= 4 is 29.2 Å². The topological polar surface area (TPSA) is 12.0 Å². The number of hydrogen-bond donors (Lipinski definition) is 1. The first kappa shape index (κ1) is 14.6. The Hall–Kier alpha value is -0.420. The normalized spacial score (nSPS) is 10.8. The summed E-state index contributed by atoms with van der Waals surface area (Å²) in [6.45, 7) is 3.08. The second-order valence-electron chi connectivity index (χ2n) is 3.38. The monoisotopic (exact) mass is 277 g/mol. The van der Waals surface area contributed by atoms with Crippen LogP contribution in [0.5, 0.6) is 0 Å². The van der Waals surface area contributed by atoms with Gasteiger partial charge >= 0.3 is 0 Å². The Balaban J connectivity index is 2.25. The molecule has 1 N–H and O–H groups in total. The van der Waals surface area contributed by atoms with Crippen LogP contribution in [0, 0.1) is 0 Å². The summed E-state index contributed by atoms with van der Waals surface area (Å²) in [4.78, 5) is 0.604. The van der Waals surface area contributed by atoms with Crippen molar-refractivity contribution in [2.75, 3.05) is 23.4 Å². The Morgan fingerprint density at radius 3 is 2.53 bits per heavy atom. The molecule has 0 aromatic heterocycles. The van der Waals surface area contributed by atoms with Crippen molar-refractivity contribution in [1.82, 2.24) is 0 Å². The number of thioether (sulfide) groups is 2. The van der Waals surface area contributed by atoms with Gasteiger partial charge in [-0.3, -0.25) is 0 Å². The van der Waals surface area contributed by atoms with Crippen LogP contribution in [0.4, 0.5) is 14.5 Å². The number of hydrogen-bond acceptors (Lipinski definition) is 3. The van der Waals surface area contributed by atoms with Crippen molar-refractivity contribution in [3.05, 3.63) is 24.3 Å². The molecule has 0 heterocycles. The molecule has 1 rings (SSSR count). The van der Waals surface area contributed by atoms with Gasteiger partial charge in [0.25, 0.3) is 5.76 Å². The van der Waals surface area contributed by atoms with Crippen LogP contribution >= 0.6 is 23.5 Å². The van der Waals surface area contributed by atoms with Gasteiger partial charge in [-0.1, -0.05) is 18.7 Å². The molecule has 0 aliphatic heterocycles. The van der Waals surface area contributed by atoms with Crippen molar-refractivity contribution in [2.24, 2.45) is 0 Å². The van der Waals surface area contributed by atoms with Crippen LogP contribution in [0.1, 0.15) is 13.3 Å². The lowest BCUT2D eigenvalue weighted by Gasteiger charge is -2.07. The molecule has 5 heteroatoms. The second-order valence-corrected chi connectivity index (χ2v) is 5.84. The molecule has 0 aliphatic carbocycles. The van der Waals surface area contributed by atoms with E-state index in [9.17, 15) is 8.78 Å². The molecule has 0 amide bonds. The van der Waals surface area contributed by atoms with Gasteiger partial charge in [-0.2, -0.15) is 20.5 Å². The van der Waals surface area contributed by atoms with Crippen molar-refractivity contribution in [3.8, 4) is 0 Å². The van der Waals surface area contributed by atoms with Crippen LogP contribution in [0.2, 0.25) is 0 Å². The smallest absolute Gasteiger partial charge is 0.288 e. The zero-order chi connectivity index (χ0) is 12.5. The third-order valence-electron chi connectivity index (χ3n) is 2.08. The minimum absolute atomic E-state index is 0.578. The molecule has 0 saturated heterocycles. The largest absolute Gasteiger partial charge is 0.385 e. The molecule has 17 heavy (non-hydrogen) atoms. The third-order valence-corrected chi connectivity index (χ3v) is 3.79. The van der Waals surface area contributed by atoms with E-state index in [0.717, 1.165) is 30.2 Å². The molecular weight excluding hydrogens is 260 g/mol. The first-order chi connectivity index (χ1) is 8.22. The highest BCUT2D eigenvalue weighted by Gasteiger charge is 2.04. The summed E-state index contributed by atoms with van der Waals surface area (Å²) in [5, 5.41) is 3.27. The number of rotatable bonds is 8. The maximum atomic E-state index is 12.1. The van der Waals surface area contributed by atoms with E-state index in [1.165, 1.54) is 0 Å². The Kier molecular flexibility index (Phi) is 7.44. The first-order valence-corrected chi connectivity index (χ1v) is 7.62. The lowest BCUT2D eigenvalue weighted by molar-refractivity contribution is 0.252. The number of benzene rings is 1. The van der Waals surface area contributed by atoms with E-state index >= 15 is 0 Å². The number of halogens is 2. The highest BCUT2D eigenvalue weighted by atomic mass is 32.2. The molecule has 0 spiro atoms. The van der Waals surface area contributed by atoms with E-state index in [4.69, 9.17) is 0 Å². The fourth-order valence-electron chi connectivity index (χ4n) is 1.31. The lowest BCUT2D eigenvalue weighted by Crippen LogP contribution is -2.02. The molecule has 0 aliphatic rings. The second kappa shape index (κ2) is 8.64. The standard InChI is InChI=1S/C12H17F2NS2/c1-2-16-9-3-8-15-10-4-6-11(7-5-10)17-12(13)14/h4-7,12,15H,2-3,8-9H2,1H3. The van der Waals surface area contributed by atoms with Gasteiger partial charge in [0, 0.05) is 17.1 Å². The zero-order valence-corrected chi connectivity index (χ0v) is 11.4. The fourth-order valence-corrected chi connectivity index (χ4v) is 2.44. The van der Waals surface area contributed by atoms with Gasteiger partial charge in [-0.15, -0.1) is 0 Å². The van der Waals surface area contributed by atoms with E-state index < -0.39 is 5.76 Å². The predicted molar refractivity (Wildman–Crippen MR) is 74.4 cm³/mol. The summed E-state index contributed by atoms with van der Waals surface area (Å²) in [5.41, 5.74) is 0.991. The minimum Gasteiger partial charge on any atom is -0.385 e. The molecule has 96 valence electrons. The van der Waals surface area contributed by atoms with Crippen LogP contribution in [0.15, 0.2) is 29.2 Å². The molecular formula is C12H17F2NS2. The summed E-state index contributed by atoms with van der Waals surface area (Å²) in [5.74, 6) is -0.0394. The van der Waals surface area contributed by atoms with Gasteiger partial charge in [-0.25, -0.2) is 0 Å². The SMILES string of the molecule is CCSCCCNc1ccc(SC(F)F)cc1. The van der Waals surface area contributed by atoms with E-state index in [1.54, 1.807) is 12.1 Å². The summed E-state index contributed by atoms with van der Waals surface area (Å²) in [6.07, 6.45) is 1.12. The summed E-state index contributed by atoms with van der Waals surface area (Å²) in [6, 6.07) is 7.13. The average molecular weight is 277 g/mol. The number of alkyl halides is 2. The van der Waals surface area contributed by atoms with E-state index in [1.807, 2.05) is 23.9 Å². The molecule has 1 aromatic rings. The third kappa shape index (κ3) is 6.78. The summed E-state index contributed by atoms with van der Waals surface area (Å²) in [7, 11) is 0. The predicted octanol–water partition coefficient (Wildman–Crippen LogP) is 4.56. The molecule has 0 saturated carbocycles. The van der Waals surface area contributed by atoms with Crippen molar-refractivity contribution in [3.63, 3.8) is 0 Å². The molecule has 0 bridgehead atoms. The number of nitrogens with one attached hydrogen (secondary N) is 1. The van der Waals surface area contributed by atoms with E-state index in [-0.39, 0.29) is 0 Å². The first-order valence-electron chi connectivity index (χ1n) is 5.59. The molecule has 0 unspecified atom stereocenters. The van der Waals surface area contributed by atoms with Crippen molar-refractivity contribution in [1.29, 1.82) is 0 Å². The zero-order valence-electron chi connectivity index (χ0n) is 9.79. The van der Waals surface area contributed by atoms with Gasteiger partial charge in [0.05, 0.1) is 0 Å². The van der Waals surface area contributed by atoms with Crippen LogP contribution in [-0.4, -0.2) is 23.8 Å². The van der Waals surface area contributed by atoms with Gasteiger partial charge in [0.15, 0.2) is 0 Å². The lowest BCUT2D eigenvalue weighted by atomic mass is 10.3. The van der Waals surface area contributed by atoms with Crippen LogP contribution < -0.4 is 5.32 Å². The molecule has 0 atom stereocenters. The quantitative estimate of drug-likeness (QED) is 0.553. The van der Waals surface area contributed by atoms with Crippen LogP contribution in [0.3, 0.4) is 0 Å². The average Bonchev–Trinajstić information content (AvgIpc) is 2.30. The Labute approximate surface area is 110 Å². The summed E-state index contributed by atoms with van der Waals surface area (Å²) >= 11 is 2.50. The highest BCUT2D eigenvalue weighted by Crippen LogP contribution is 2.26. The highest BCUT2D eigenvalue weighted by molar-refractivity contribution is 7.99. The van der Waals surface area contributed by atoms with E-state index in [2.05, 4.69) is 12.2 Å². The van der Waals surface area contributed by atoms with Crippen LogP contribution in [0.25, 0.3) is 0 Å². The Morgan fingerprint density at radius 2 is 1.94 bits per heavy atom. The minimum atomic E-state index is -2.35. The van der Waals surface area contributed by atoms with Gasteiger partial charge in [0.2, 0.25) is 0 Å². The van der Waals surface area contributed by atoms with Crippen molar-refractivity contribution in [2.45, 2.75) is 24.0 Å². The van der Waals surface area contributed by atoms with Gasteiger partial charge < -0.3 is 5.32 Å². The van der Waals surface area contributed by atoms with Crippen LogP contribution in [-0.2, 0) is 0 Å². The number of anilines is 1. The molecule has 1 aromatic carbocycles.